The second-order valence-electron chi connectivity index (χ2n) is 18.3. The molecular formula is C61H88N4O5. The lowest BCUT2D eigenvalue weighted by molar-refractivity contribution is 0.0720. The molecule has 5 aromatic carbocycles. The lowest BCUT2D eigenvalue weighted by Crippen LogP contribution is -2.39. The molecule has 0 saturated carbocycles. The Balaban J connectivity index is 0.000000323. The maximum Gasteiger partial charge on any atom is 0.254 e. The van der Waals surface area contributed by atoms with Crippen LogP contribution in [0.2, 0.25) is 0 Å². The van der Waals surface area contributed by atoms with Crippen molar-refractivity contribution in [2.75, 3.05) is 66.6 Å². The number of rotatable bonds is 34. The van der Waals surface area contributed by atoms with Gasteiger partial charge in [0.1, 0.15) is 13.2 Å². The van der Waals surface area contributed by atoms with Gasteiger partial charge in [-0.1, -0.05) is 152 Å². The first-order valence-corrected chi connectivity index (χ1v) is 26.5. The van der Waals surface area contributed by atoms with Crippen LogP contribution in [0.15, 0.2) is 121 Å². The zero-order valence-corrected chi connectivity index (χ0v) is 44.2. The van der Waals surface area contributed by atoms with Gasteiger partial charge in [0.2, 0.25) is 0 Å². The molecule has 0 aliphatic heterocycles. The van der Waals surface area contributed by atoms with Crippen LogP contribution >= 0.6 is 0 Å². The van der Waals surface area contributed by atoms with Crippen molar-refractivity contribution in [3.63, 3.8) is 0 Å². The van der Waals surface area contributed by atoms with E-state index in [-0.39, 0.29) is 5.91 Å². The van der Waals surface area contributed by atoms with Gasteiger partial charge in [0.05, 0.1) is 14.2 Å². The first kappa shape index (κ1) is 57.2. The number of hydrogen-bond donors (Lipinski definition) is 1. The van der Waals surface area contributed by atoms with Crippen molar-refractivity contribution in [3.05, 3.63) is 155 Å². The molecule has 0 fully saturated rings. The molecular weight excluding hydrogens is 869 g/mol. The first-order chi connectivity index (χ1) is 34.3. The third-order valence-electron chi connectivity index (χ3n) is 12.5. The van der Waals surface area contributed by atoms with Crippen LogP contribution < -0.4 is 24.3 Å². The Morgan fingerprint density at radius 3 is 1.40 bits per heavy atom. The van der Waals surface area contributed by atoms with E-state index in [4.69, 9.17) is 18.9 Å². The molecule has 1 N–H and O–H groups in total. The summed E-state index contributed by atoms with van der Waals surface area (Å²) in [5.41, 5.74) is 6.52. The Hall–Kier alpha value is -5.35. The summed E-state index contributed by atoms with van der Waals surface area (Å²) in [7, 11) is 3.36. The monoisotopic (exact) mass is 957 g/mol. The highest BCUT2D eigenvalue weighted by Gasteiger charge is 2.19. The molecule has 9 heteroatoms. The number of carbonyl (C=O) groups excluding carboxylic acids is 1. The SMILES string of the molecule is CCCCN(CCCC)CCNCc1ccc(OCc2ccccc2)c(OC)c1.CCCCc1ccc(C(=O)N(CCN(CCCC)CCCC)Cc2ccc(OCc3ccccc3)c(OC)c2)cc1. The standard InChI is InChI=1S/C36H50N2O3.C25H38N2O2/c1-5-8-14-30-17-20-33(21-18-30)36(39)38(26-25-37(23-9-6-2)24-10-7-3)28-32-19-22-34(35(27-32)40-4)41-29-31-15-12-11-13-16-31;1-4-6-16-27(17-7-5-2)18-15-26-20-23-13-14-24(25(19-23)28-3)29-21-22-11-9-8-10-12-22/h11-13,15-22,27H,5-10,14,23-26,28-29H2,1-4H3;8-14,19,26H,4-7,15-18,20-21H2,1-3H3. The molecule has 0 heterocycles. The van der Waals surface area contributed by atoms with Gasteiger partial charge >= 0.3 is 0 Å². The summed E-state index contributed by atoms with van der Waals surface area (Å²) in [5, 5.41) is 3.58. The number of carbonyl (C=O) groups is 1. The van der Waals surface area contributed by atoms with Crippen molar-refractivity contribution in [2.24, 2.45) is 0 Å². The molecule has 0 radical (unpaired) electrons. The van der Waals surface area contributed by atoms with Gasteiger partial charge in [0, 0.05) is 44.8 Å². The Bertz CT molecular complexity index is 2100. The van der Waals surface area contributed by atoms with Gasteiger partial charge in [-0.15, -0.1) is 0 Å². The smallest absolute Gasteiger partial charge is 0.254 e. The average Bonchev–Trinajstić information content (AvgIpc) is 3.41. The molecule has 0 bridgehead atoms. The van der Waals surface area contributed by atoms with Gasteiger partial charge in [-0.3, -0.25) is 4.79 Å². The maximum absolute atomic E-state index is 13.8. The second kappa shape index (κ2) is 34.9. The lowest BCUT2D eigenvalue weighted by Gasteiger charge is -2.28. The Labute approximate surface area is 423 Å². The lowest BCUT2D eigenvalue weighted by atomic mass is 10.1. The molecule has 382 valence electrons. The van der Waals surface area contributed by atoms with E-state index in [0.29, 0.717) is 37.8 Å². The molecule has 0 spiro atoms. The molecule has 0 unspecified atom stereocenters. The molecule has 5 rings (SSSR count). The van der Waals surface area contributed by atoms with Crippen molar-refractivity contribution in [3.8, 4) is 23.0 Å². The molecule has 5 aromatic rings. The van der Waals surface area contributed by atoms with Crippen LogP contribution in [0.3, 0.4) is 0 Å². The summed E-state index contributed by atoms with van der Waals surface area (Å²) < 4.78 is 23.3. The van der Waals surface area contributed by atoms with Crippen LogP contribution in [0.1, 0.15) is 137 Å². The van der Waals surface area contributed by atoms with Crippen LogP contribution in [0.4, 0.5) is 0 Å². The van der Waals surface area contributed by atoms with Gasteiger partial charge in [-0.25, -0.2) is 0 Å². The number of benzene rings is 5. The highest BCUT2D eigenvalue weighted by atomic mass is 16.5. The number of nitrogens with one attached hydrogen (secondary N) is 1. The number of amides is 1. The van der Waals surface area contributed by atoms with Crippen LogP contribution in [-0.4, -0.2) is 87.2 Å². The van der Waals surface area contributed by atoms with E-state index in [1.807, 2.05) is 89.8 Å². The molecule has 0 atom stereocenters. The van der Waals surface area contributed by atoms with Crippen molar-refractivity contribution in [1.29, 1.82) is 0 Å². The number of unbranched alkanes of at least 4 members (excludes halogenated alkanes) is 5. The minimum atomic E-state index is 0.0707. The Morgan fingerprint density at radius 1 is 0.457 bits per heavy atom. The number of hydrogen-bond acceptors (Lipinski definition) is 8. The van der Waals surface area contributed by atoms with E-state index in [0.717, 1.165) is 85.9 Å². The van der Waals surface area contributed by atoms with Crippen LogP contribution in [0.25, 0.3) is 0 Å². The summed E-state index contributed by atoms with van der Waals surface area (Å²) >= 11 is 0. The maximum atomic E-state index is 13.8. The van der Waals surface area contributed by atoms with E-state index >= 15 is 0 Å². The molecule has 1 amide bonds. The van der Waals surface area contributed by atoms with E-state index < -0.39 is 0 Å². The molecule has 0 aliphatic carbocycles. The van der Waals surface area contributed by atoms with Gasteiger partial charge in [0.25, 0.3) is 5.91 Å². The molecule has 0 aromatic heterocycles. The van der Waals surface area contributed by atoms with Gasteiger partial charge in [-0.2, -0.15) is 0 Å². The summed E-state index contributed by atoms with van der Waals surface area (Å²) in [6.45, 7) is 21.8. The fourth-order valence-electron chi connectivity index (χ4n) is 8.12. The minimum Gasteiger partial charge on any atom is -0.493 e. The van der Waals surface area contributed by atoms with Crippen molar-refractivity contribution in [2.45, 2.75) is 132 Å². The molecule has 0 aliphatic rings. The van der Waals surface area contributed by atoms with E-state index in [1.54, 1.807) is 14.2 Å². The van der Waals surface area contributed by atoms with Crippen LogP contribution in [0.5, 0.6) is 23.0 Å². The topological polar surface area (TPSA) is 75.7 Å². The third kappa shape index (κ3) is 21.7. The Kier molecular flexibility index (Phi) is 28.5. The van der Waals surface area contributed by atoms with E-state index in [1.165, 1.54) is 82.0 Å². The fraction of sp³-hybridized carbons (Fsp3) is 0.492. The molecule has 70 heavy (non-hydrogen) atoms. The highest BCUT2D eigenvalue weighted by Crippen LogP contribution is 2.31. The first-order valence-electron chi connectivity index (χ1n) is 26.5. The zero-order valence-electron chi connectivity index (χ0n) is 44.2. The number of aryl methyl sites for hydroxylation is 1. The minimum absolute atomic E-state index is 0.0707. The second-order valence-corrected chi connectivity index (χ2v) is 18.3. The average molecular weight is 957 g/mol. The molecule has 0 saturated heterocycles. The number of nitrogens with zero attached hydrogens (tertiary/aromatic N) is 3. The summed E-state index contributed by atoms with van der Waals surface area (Å²) in [6, 6.07) is 40.7. The van der Waals surface area contributed by atoms with Gasteiger partial charge in [0.15, 0.2) is 23.0 Å². The zero-order chi connectivity index (χ0) is 50.0. The van der Waals surface area contributed by atoms with Crippen LogP contribution in [0, 0.1) is 0 Å². The van der Waals surface area contributed by atoms with Crippen molar-refractivity contribution >= 4 is 5.91 Å². The third-order valence-corrected chi connectivity index (χ3v) is 12.5. The van der Waals surface area contributed by atoms with Crippen molar-refractivity contribution < 1.29 is 23.7 Å². The predicted molar refractivity (Wildman–Crippen MR) is 292 cm³/mol. The van der Waals surface area contributed by atoms with Gasteiger partial charge in [-0.05, 0) is 129 Å². The molecule has 9 nitrogen and oxygen atoms in total. The van der Waals surface area contributed by atoms with Crippen molar-refractivity contribution in [1.82, 2.24) is 20.0 Å². The van der Waals surface area contributed by atoms with E-state index in [2.05, 4.69) is 86.1 Å². The fourth-order valence-corrected chi connectivity index (χ4v) is 8.12. The van der Waals surface area contributed by atoms with E-state index in [9.17, 15) is 4.79 Å². The highest BCUT2D eigenvalue weighted by molar-refractivity contribution is 5.94. The summed E-state index contributed by atoms with van der Waals surface area (Å²) in [6.07, 6.45) is 13.2. The Morgan fingerprint density at radius 2 is 0.914 bits per heavy atom. The predicted octanol–water partition coefficient (Wildman–Crippen LogP) is 13.4. The largest absolute Gasteiger partial charge is 0.493 e. The summed E-state index contributed by atoms with van der Waals surface area (Å²) in [5.74, 6) is 3.02. The number of methoxy groups -OCH3 is 2. The van der Waals surface area contributed by atoms with Crippen LogP contribution in [-0.2, 0) is 32.7 Å². The normalized spacial score (nSPS) is 11.0. The number of ether oxygens (including phenoxy) is 4. The quantitative estimate of drug-likeness (QED) is 0.0409. The summed E-state index contributed by atoms with van der Waals surface area (Å²) in [4.78, 5) is 20.9. The van der Waals surface area contributed by atoms with Gasteiger partial charge < -0.3 is 39.0 Å².